The van der Waals surface area contributed by atoms with E-state index in [1.807, 2.05) is 35.7 Å². The number of thioether (sulfide) groups is 1. The van der Waals surface area contributed by atoms with E-state index in [2.05, 4.69) is 10.3 Å². The van der Waals surface area contributed by atoms with Gasteiger partial charge < -0.3 is 10.2 Å². The van der Waals surface area contributed by atoms with Gasteiger partial charge in [-0.25, -0.2) is 4.98 Å². The van der Waals surface area contributed by atoms with Gasteiger partial charge in [0, 0.05) is 22.5 Å². The first kappa shape index (κ1) is 18.9. The molecule has 0 radical (unpaired) electrons. The first-order valence-corrected chi connectivity index (χ1v) is 10.8. The highest BCUT2D eigenvalue weighted by atomic mass is 32.2. The molecular weight excluding hydrogens is 366 g/mol. The number of anilines is 1. The van der Waals surface area contributed by atoms with Crippen molar-refractivity contribution in [3.8, 4) is 0 Å². The Hall–Kier alpha value is -1.86. The number of carbonyl (C=O) groups excluding carboxylic acids is 2. The zero-order valence-electron chi connectivity index (χ0n) is 14.6. The molecule has 0 unspecified atom stereocenters. The van der Waals surface area contributed by atoms with Crippen LogP contribution in [0.2, 0.25) is 0 Å². The largest absolute Gasteiger partial charge is 0.330 e. The van der Waals surface area contributed by atoms with Gasteiger partial charge in [0.25, 0.3) is 0 Å². The summed E-state index contributed by atoms with van der Waals surface area (Å²) < 4.78 is 0. The molecule has 26 heavy (non-hydrogen) atoms. The van der Waals surface area contributed by atoms with Crippen LogP contribution in [0, 0.1) is 0 Å². The SMILES string of the molecule is O=C(CN(C(=O)CSc1ccccc1)C1CCCCC1)Nc1nccs1. The number of nitrogens with one attached hydrogen (secondary N) is 1. The van der Waals surface area contributed by atoms with Gasteiger partial charge >= 0.3 is 0 Å². The Bertz CT molecular complexity index is 701. The van der Waals surface area contributed by atoms with E-state index in [0.717, 1.165) is 30.6 Å². The lowest BCUT2D eigenvalue weighted by molar-refractivity contribution is -0.135. The maximum atomic E-state index is 12.9. The lowest BCUT2D eigenvalue weighted by Crippen LogP contribution is -2.46. The number of aromatic nitrogens is 1. The molecule has 0 spiro atoms. The van der Waals surface area contributed by atoms with Crippen molar-refractivity contribution in [2.24, 2.45) is 0 Å². The van der Waals surface area contributed by atoms with Gasteiger partial charge in [-0.1, -0.05) is 37.5 Å². The fourth-order valence-corrected chi connectivity index (χ4v) is 4.51. The molecular formula is C19H23N3O2S2. The Morgan fingerprint density at radius 1 is 1.19 bits per heavy atom. The van der Waals surface area contributed by atoms with Crippen LogP contribution in [0.5, 0.6) is 0 Å². The van der Waals surface area contributed by atoms with Crippen molar-refractivity contribution in [2.45, 2.75) is 43.0 Å². The summed E-state index contributed by atoms with van der Waals surface area (Å²) in [4.78, 5) is 32.2. The highest BCUT2D eigenvalue weighted by Gasteiger charge is 2.27. The number of benzene rings is 1. The predicted molar refractivity (Wildman–Crippen MR) is 106 cm³/mol. The standard InChI is InChI=1S/C19H23N3O2S2/c23-17(21-19-20-11-12-25-19)13-22(15-7-3-1-4-8-15)18(24)14-26-16-9-5-2-6-10-16/h2,5-6,9-12,15H,1,3-4,7-8,13-14H2,(H,20,21,23). The van der Waals surface area contributed by atoms with Gasteiger partial charge in [-0.3, -0.25) is 9.59 Å². The number of hydrogen-bond acceptors (Lipinski definition) is 5. The molecule has 1 heterocycles. The first-order chi connectivity index (χ1) is 12.7. The van der Waals surface area contributed by atoms with E-state index < -0.39 is 0 Å². The van der Waals surface area contributed by atoms with Crippen molar-refractivity contribution in [3.05, 3.63) is 41.9 Å². The third-order valence-electron chi connectivity index (χ3n) is 4.43. The van der Waals surface area contributed by atoms with Crippen LogP contribution in [0.1, 0.15) is 32.1 Å². The number of hydrogen-bond donors (Lipinski definition) is 1. The van der Waals surface area contributed by atoms with Gasteiger partial charge in [0.1, 0.15) is 6.54 Å². The van der Waals surface area contributed by atoms with E-state index in [9.17, 15) is 9.59 Å². The molecule has 2 aromatic rings. The van der Waals surface area contributed by atoms with Crippen LogP contribution in [-0.2, 0) is 9.59 Å². The van der Waals surface area contributed by atoms with Crippen LogP contribution in [0.25, 0.3) is 0 Å². The van der Waals surface area contributed by atoms with Crippen molar-refractivity contribution >= 4 is 40.0 Å². The maximum Gasteiger partial charge on any atom is 0.245 e. The summed E-state index contributed by atoms with van der Waals surface area (Å²) in [5, 5.41) is 5.18. The second-order valence-electron chi connectivity index (χ2n) is 6.30. The zero-order valence-corrected chi connectivity index (χ0v) is 16.2. The Balaban J connectivity index is 1.61. The van der Waals surface area contributed by atoms with Crippen LogP contribution in [0.15, 0.2) is 46.8 Å². The van der Waals surface area contributed by atoms with E-state index in [1.165, 1.54) is 29.5 Å². The van der Waals surface area contributed by atoms with Crippen molar-refractivity contribution in [1.29, 1.82) is 0 Å². The average molecular weight is 390 g/mol. The molecule has 0 bridgehead atoms. The number of nitrogens with zero attached hydrogens (tertiary/aromatic N) is 2. The lowest BCUT2D eigenvalue weighted by Gasteiger charge is -2.34. The third-order valence-corrected chi connectivity index (χ3v) is 6.12. The van der Waals surface area contributed by atoms with E-state index in [1.54, 1.807) is 11.1 Å². The summed E-state index contributed by atoms with van der Waals surface area (Å²) in [6.07, 6.45) is 7.06. The zero-order chi connectivity index (χ0) is 18.2. The monoisotopic (exact) mass is 389 g/mol. The number of thiazole rings is 1. The Morgan fingerprint density at radius 3 is 2.65 bits per heavy atom. The second-order valence-corrected chi connectivity index (χ2v) is 8.24. The van der Waals surface area contributed by atoms with E-state index in [0.29, 0.717) is 10.9 Å². The summed E-state index contributed by atoms with van der Waals surface area (Å²) in [5.41, 5.74) is 0. The first-order valence-electron chi connectivity index (χ1n) is 8.89. The summed E-state index contributed by atoms with van der Waals surface area (Å²) >= 11 is 2.90. The number of amides is 2. The molecule has 3 rings (SSSR count). The molecule has 5 nitrogen and oxygen atoms in total. The normalized spacial score (nSPS) is 14.8. The Labute approximate surface area is 162 Å². The molecule has 1 aromatic heterocycles. The highest BCUT2D eigenvalue weighted by molar-refractivity contribution is 8.00. The molecule has 1 fully saturated rings. The average Bonchev–Trinajstić information content (AvgIpc) is 3.18. The second kappa shape index (κ2) is 9.73. The topological polar surface area (TPSA) is 62.3 Å². The fraction of sp³-hybridized carbons (Fsp3) is 0.421. The smallest absolute Gasteiger partial charge is 0.245 e. The number of carbonyl (C=O) groups is 2. The van der Waals surface area contributed by atoms with Gasteiger partial charge in [-0.05, 0) is 25.0 Å². The minimum atomic E-state index is -0.177. The van der Waals surface area contributed by atoms with E-state index in [-0.39, 0.29) is 24.4 Å². The molecule has 1 N–H and O–H groups in total. The minimum Gasteiger partial charge on any atom is -0.330 e. The van der Waals surface area contributed by atoms with Crippen LogP contribution < -0.4 is 5.32 Å². The van der Waals surface area contributed by atoms with Gasteiger partial charge in [-0.15, -0.1) is 23.1 Å². The van der Waals surface area contributed by atoms with E-state index >= 15 is 0 Å². The quantitative estimate of drug-likeness (QED) is 0.726. The molecule has 0 aliphatic heterocycles. The van der Waals surface area contributed by atoms with Crippen molar-refractivity contribution < 1.29 is 9.59 Å². The predicted octanol–water partition coefficient (Wildman–Crippen LogP) is 4.04. The van der Waals surface area contributed by atoms with Crippen molar-refractivity contribution in [2.75, 3.05) is 17.6 Å². The molecule has 0 saturated heterocycles. The van der Waals surface area contributed by atoms with Gasteiger partial charge in [0.15, 0.2) is 5.13 Å². The lowest BCUT2D eigenvalue weighted by atomic mass is 9.94. The molecule has 1 aliphatic carbocycles. The maximum absolute atomic E-state index is 12.9. The summed E-state index contributed by atoms with van der Waals surface area (Å²) in [5.74, 6) is 0.203. The van der Waals surface area contributed by atoms with Crippen LogP contribution in [0.3, 0.4) is 0 Å². The summed E-state index contributed by atoms with van der Waals surface area (Å²) in [6.45, 7) is 0.0957. The molecule has 2 amide bonds. The molecule has 138 valence electrons. The number of rotatable bonds is 7. The summed E-state index contributed by atoms with van der Waals surface area (Å²) in [7, 11) is 0. The van der Waals surface area contributed by atoms with Gasteiger partial charge in [-0.2, -0.15) is 0 Å². The third kappa shape index (κ3) is 5.57. The van der Waals surface area contributed by atoms with Crippen molar-refractivity contribution in [1.82, 2.24) is 9.88 Å². The van der Waals surface area contributed by atoms with Crippen molar-refractivity contribution in [3.63, 3.8) is 0 Å². The molecule has 1 aliphatic rings. The molecule has 1 saturated carbocycles. The molecule has 7 heteroatoms. The molecule has 0 atom stereocenters. The van der Waals surface area contributed by atoms with Crippen LogP contribution >= 0.6 is 23.1 Å². The van der Waals surface area contributed by atoms with Gasteiger partial charge in [0.05, 0.1) is 5.75 Å². The van der Waals surface area contributed by atoms with Crippen LogP contribution in [0.4, 0.5) is 5.13 Å². The van der Waals surface area contributed by atoms with E-state index in [4.69, 9.17) is 0 Å². The minimum absolute atomic E-state index is 0.0278. The Kier molecular flexibility index (Phi) is 7.08. The molecule has 1 aromatic carbocycles. The summed E-state index contributed by atoms with van der Waals surface area (Å²) in [6, 6.07) is 10.1. The fourth-order valence-electron chi connectivity index (χ4n) is 3.16. The highest BCUT2D eigenvalue weighted by Crippen LogP contribution is 2.25. The Morgan fingerprint density at radius 2 is 1.96 bits per heavy atom. The van der Waals surface area contributed by atoms with Gasteiger partial charge in [0.2, 0.25) is 11.8 Å². The van der Waals surface area contributed by atoms with Crippen LogP contribution in [-0.4, -0.2) is 40.0 Å².